The lowest BCUT2D eigenvalue weighted by Crippen LogP contribution is -2.51. The van der Waals surface area contributed by atoms with Crippen LogP contribution in [0.25, 0.3) is 0 Å². The van der Waals surface area contributed by atoms with E-state index in [2.05, 4.69) is 15.9 Å². The van der Waals surface area contributed by atoms with Crippen LogP contribution in [0, 0.1) is 5.92 Å². The largest absolute Gasteiger partial charge is 0.504 e. The summed E-state index contributed by atoms with van der Waals surface area (Å²) in [6.07, 6.45) is 1.72. The van der Waals surface area contributed by atoms with E-state index in [1.807, 2.05) is 42.2 Å². The number of methoxy groups -OCH3 is 1. The quantitative estimate of drug-likeness (QED) is 0.694. The number of likely N-dealkylation sites (tertiary alicyclic amines) is 1. The normalized spacial score (nSPS) is 17.8. The van der Waals surface area contributed by atoms with E-state index < -0.39 is 0 Å². The molecule has 33 heavy (non-hydrogen) atoms. The second kappa shape index (κ2) is 10.8. The Morgan fingerprint density at radius 3 is 2.36 bits per heavy atom. The number of amides is 1. The lowest BCUT2D eigenvalue weighted by atomic mass is 9.94. The molecule has 0 bridgehead atoms. The molecule has 0 aliphatic carbocycles. The summed E-state index contributed by atoms with van der Waals surface area (Å²) in [6, 6.07) is 13.7. The lowest BCUT2D eigenvalue weighted by Gasteiger charge is -2.39. The molecule has 2 heterocycles. The molecule has 2 aromatic rings. The van der Waals surface area contributed by atoms with Crippen LogP contribution in [-0.2, 0) is 11.3 Å². The number of benzene rings is 2. The third kappa shape index (κ3) is 5.36. The molecular formula is C26H35N3O4. The van der Waals surface area contributed by atoms with Crippen molar-refractivity contribution in [2.45, 2.75) is 26.3 Å². The fourth-order valence-electron chi connectivity index (χ4n) is 4.86. The number of anilines is 1. The number of ether oxygens (including phenoxy) is 2. The van der Waals surface area contributed by atoms with Crippen LogP contribution >= 0.6 is 0 Å². The smallest absolute Gasteiger partial charge is 0.225 e. The van der Waals surface area contributed by atoms with Crippen LogP contribution in [0.1, 0.15) is 25.3 Å². The molecule has 2 fully saturated rings. The van der Waals surface area contributed by atoms with Crippen molar-refractivity contribution in [2.75, 3.05) is 57.9 Å². The van der Waals surface area contributed by atoms with Crippen LogP contribution in [0.4, 0.5) is 5.69 Å². The number of carbonyl (C=O) groups excluding carboxylic acids is 1. The first kappa shape index (κ1) is 23.2. The molecule has 7 nitrogen and oxygen atoms in total. The summed E-state index contributed by atoms with van der Waals surface area (Å²) >= 11 is 0. The van der Waals surface area contributed by atoms with Crippen molar-refractivity contribution in [1.29, 1.82) is 0 Å². The Kier molecular flexibility index (Phi) is 7.60. The molecule has 0 spiro atoms. The zero-order valence-electron chi connectivity index (χ0n) is 19.7. The molecule has 0 unspecified atom stereocenters. The van der Waals surface area contributed by atoms with Gasteiger partial charge in [0.05, 0.1) is 19.4 Å². The number of rotatable bonds is 7. The van der Waals surface area contributed by atoms with Crippen LogP contribution in [-0.4, -0.2) is 73.8 Å². The van der Waals surface area contributed by atoms with Crippen LogP contribution < -0.4 is 14.4 Å². The predicted molar refractivity (Wildman–Crippen MR) is 129 cm³/mol. The molecule has 2 aliphatic rings. The monoisotopic (exact) mass is 453 g/mol. The Morgan fingerprint density at radius 2 is 1.67 bits per heavy atom. The van der Waals surface area contributed by atoms with Gasteiger partial charge in [0.1, 0.15) is 5.75 Å². The Morgan fingerprint density at radius 1 is 0.970 bits per heavy atom. The second-order valence-electron chi connectivity index (χ2n) is 8.73. The highest BCUT2D eigenvalue weighted by atomic mass is 16.5. The van der Waals surface area contributed by atoms with E-state index in [9.17, 15) is 9.90 Å². The Hall–Kier alpha value is -2.93. The molecule has 0 aromatic heterocycles. The molecule has 178 valence electrons. The number of piperazine rings is 1. The van der Waals surface area contributed by atoms with Gasteiger partial charge in [-0.05, 0) is 51.1 Å². The highest BCUT2D eigenvalue weighted by Gasteiger charge is 2.31. The minimum atomic E-state index is 0.0856. The second-order valence-corrected chi connectivity index (χ2v) is 8.73. The van der Waals surface area contributed by atoms with Crippen LogP contribution in [0.3, 0.4) is 0 Å². The van der Waals surface area contributed by atoms with Gasteiger partial charge < -0.3 is 24.4 Å². The Labute approximate surface area is 196 Å². The molecular weight excluding hydrogens is 418 g/mol. The van der Waals surface area contributed by atoms with Gasteiger partial charge in [0.25, 0.3) is 0 Å². The number of nitrogens with zero attached hydrogens (tertiary/aromatic N) is 3. The average molecular weight is 454 g/mol. The van der Waals surface area contributed by atoms with Gasteiger partial charge in [-0.2, -0.15) is 0 Å². The van der Waals surface area contributed by atoms with Crippen molar-refractivity contribution in [2.24, 2.45) is 5.92 Å². The standard InChI is InChI=1S/C26H35N3O4/c1-3-33-23-9-5-4-8-22(23)28-15-17-29(18-16-28)26(31)20-11-13-27(14-12-20)19-21-7-6-10-24(32-2)25(21)30/h4-10,20,30H,3,11-19H2,1-2H3. The Balaban J connectivity index is 1.27. The van der Waals surface area contributed by atoms with Gasteiger partial charge in [0, 0.05) is 44.2 Å². The molecule has 2 aliphatic heterocycles. The summed E-state index contributed by atoms with van der Waals surface area (Å²) in [5.74, 6) is 2.00. The molecule has 2 aromatic carbocycles. The van der Waals surface area contributed by atoms with E-state index in [4.69, 9.17) is 9.47 Å². The predicted octanol–water partition coefficient (Wildman–Crippen LogP) is 3.36. The van der Waals surface area contributed by atoms with Crippen LogP contribution in [0.5, 0.6) is 17.2 Å². The molecule has 0 radical (unpaired) electrons. The van der Waals surface area contributed by atoms with Crippen molar-refractivity contribution in [3.8, 4) is 17.2 Å². The molecule has 4 rings (SSSR count). The van der Waals surface area contributed by atoms with Gasteiger partial charge in [-0.3, -0.25) is 9.69 Å². The average Bonchev–Trinajstić information content (AvgIpc) is 2.86. The SMILES string of the molecule is CCOc1ccccc1N1CCN(C(=O)C2CCN(Cc3cccc(OC)c3O)CC2)CC1. The van der Waals surface area contributed by atoms with Crippen molar-refractivity contribution in [1.82, 2.24) is 9.80 Å². The molecule has 2 saturated heterocycles. The zero-order valence-corrected chi connectivity index (χ0v) is 19.7. The minimum Gasteiger partial charge on any atom is -0.504 e. The van der Waals surface area contributed by atoms with E-state index in [1.54, 1.807) is 13.2 Å². The summed E-state index contributed by atoms with van der Waals surface area (Å²) < 4.78 is 11.0. The van der Waals surface area contributed by atoms with Gasteiger partial charge in [-0.1, -0.05) is 24.3 Å². The van der Waals surface area contributed by atoms with E-state index in [0.29, 0.717) is 18.9 Å². The van der Waals surface area contributed by atoms with Crippen molar-refractivity contribution < 1.29 is 19.4 Å². The van der Waals surface area contributed by atoms with Gasteiger partial charge in [0.15, 0.2) is 11.5 Å². The molecule has 0 saturated carbocycles. The summed E-state index contributed by atoms with van der Waals surface area (Å²) in [5.41, 5.74) is 1.98. The van der Waals surface area contributed by atoms with Gasteiger partial charge in [-0.25, -0.2) is 0 Å². The topological polar surface area (TPSA) is 65.5 Å². The number of hydrogen-bond donors (Lipinski definition) is 1. The number of aromatic hydroxyl groups is 1. The zero-order chi connectivity index (χ0) is 23.2. The summed E-state index contributed by atoms with van der Waals surface area (Å²) in [7, 11) is 1.56. The van der Waals surface area contributed by atoms with E-state index in [-0.39, 0.29) is 17.6 Å². The maximum Gasteiger partial charge on any atom is 0.225 e. The lowest BCUT2D eigenvalue weighted by molar-refractivity contribution is -0.137. The van der Waals surface area contributed by atoms with Crippen LogP contribution in [0.15, 0.2) is 42.5 Å². The summed E-state index contributed by atoms with van der Waals surface area (Å²) in [4.78, 5) is 19.8. The summed E-state index contributed by atoms with van der Waals surface area (Å²) in [5, 5.41) is 10.4. The Bertz CT molecular complexity index is 935. The number of piperidine rings is 1. The van der Waals surface area contributed by atoms with Crippen molar-refractivity contribution >= 4 is 11.6 Å². The molecule has 0 atom stereocenters. The van der Waals surface area contributed by atoms with E-state index in [1.165, 1.54) is 0 Å². The number of phenolic OH excluding ortho intramolecular Hbond substituents is 1. The number of carbonyl (C=O) groups is 1. The number of hydrogen-bond acceptors (Lipinski definition) is 6. The van der Waals surface area contributed by atoms with Crippen molar-refractivity contribution in [3.05, 3.63) is 48.0 Å². The van der Waals surface area contributed by atoms with E-state index >= 15 is 0 Å². The number of phenols is 1. The third-order valence-electron chi connectivity index (χ3n) is 6.73. The fourth-order valence-corrected chi connectivity index (χ4v) is 4.86. The molecule has 1 amide bonds. The van der Waals surface area contributed by atoms with Crippen LogP contribution in [0.2, 0.25) is 0 Å². The van der Waals surface area contributed by atoms with Gasteiger partial charge in [-0.15, -0.1) is 0 Å². The maximum atomic E-state index is 13.2. The van der Waals surface area contributed by atoms with Crippen molar-refractivity contribution in [3.63, 3.8) is 0 Å². The number of para-hydroxylation sites is 3. The maximum absolute atomic E-state index is 13.2. The van der Waals surface area contributed by atoms with Gasteiger partial charge >= 0.3 is 0 Å². The summed E-state index contributed by atoms with van der Waals surface area (Å²) in [6.45, 7) is 8.16. The van der Waals surface area contributed by atoms with Gasteiger partial charge in [0.2, 0.25) is 5.91 Å². The molecule has 1 N–H and O–H groups in total. The highest BCUT2D eigenvalue weighted by Crippen LogP contribution is 2.32. The first-order valence-corrected chi connectivity index (χ1v) is 11.9. The van der Waals surface area contributed by atoms with E-state index in [0.717, 1.165) is 69.1 Å². The third-order valence-corrected chi connectivity index (χ3v) is 6.73. The molecule has 7 heteroatoms. The first-order chi connectivity index (χ1) is 16.1. The minimum absolute atomic E-state index is 0.0856. The first-order valence-electron chi connectivity index (χ1n) is 11.9. The fraction of sp³-hybridized carbons (Fsp3) is 0.500. The highest BCUT2D eigenvalue weighted by molar-refractivity contribution is 5.79.